The molecular formula is C20H24F3N3O4. The van der Waals surface area contributed by atoms with E-state index >= 15 is 0 Å². The molecule has 4 rings (SSSR count). The maximum absolute atomic E-state index is 12.9. The molecule has 3 amide bonds. The summed E-state index contributed by atoms with van der Waals surface area (Å²) in [7, 11) is 0. The second kappa shape index (κ2) is 8.07. The number of rotatable bonds is 3. The first-order valence-corrected chi connectivity index (χ1v) is 9.94. The molecule has 164 valence electrons. The molecule has 0 unspecified atom stereocenters. The molecule has 30 heavy (non-hydrogen) atoms. The predicted molar refractivity (Wildman–Crippen MR) is 99.6 cm³/mol. The Hall–Kier alpha value is -2.33. The van der Waals surface area contributed by atoms with Gasteiger partial charge in [-0.2, -0.15) is 13.2 Å². The van der Waals surface area contributed by atoms with Gasteiger partial charge in [-0.25, -0.2) is 4.79 Å². The van der Waals surface area contributed by atoms with Crippen LogP contribution in [-0.4, -0.2) is 72.8 Å². The standard InChI is InChI=1S/C20H24F3N3O4/c1-12-2-3-14(20(21,22)23)6-13(12)10-29-15-7-26(8-15)19(28)25-5-4-17-16(9-25)24-18(27)11-30-17/h2-3,6,15-17H,4-5,7-11H2,1H3,(H,24,27)/t16-,17+/m1/s1. The molecule has 0 spiro atoms. The molecule has 2 atom stereocenters. The quantitative estimate of drug-likeness (QED) is 0.800. The third-order valence-electron chi connectivity index (χ3n) is 5.86. The summed E-state index contributed by atoms with van der Waals surface area (Å²) in [6, 6.07) is 3.30. The third kappa shape index (κ3) is 4.39. The molecule has 0 saturated carbocycles. The van der Waals surface area contributed by atoms with E-state index in [0.717, 1.165) is 17.7 Å². The number of hydrogen-bond acceptors (Lipinski definition) is 4. The van der Waals surface area contributed by atoms with Crippen LogP contribution in [0.25, 0.3) is 0 Å². The maximum atomic E-state index is 12.9. The number of alkyl halides is 3. The van der Waals surface area contributed by atoms with Crippen LogP contribution in [0.1, 0.15) is 23.1 Å². The van der Waals surface area contributed by atoms with Crippen molar-refractivity contribution in [1.29, 1.82) is 0 Å². The molecule has 0 aromatic heterocycles. The fourth-order valence-corrected chi connectivity index (χ4v) is 3.98. The number of amides is 3. The summed E-state index contributed by atoms with van der Waals surface area (Å²) in [6.07, 6.45) is -3.99. The smallest absolute Gasteiger partial charge is 0.370 e. The summed E-state index contributed by atoms with van der Waals surface area (Å²) in [5.41, 5.74) is 0.527. The van der Waals surface area contributed by atoms with Gasteiger partial charge in [0.1, 0.15) is 6.61 Å². The zero-order chi connectivity index (χ0) is 21.5. The molecular weight excluding hydrogens is 403 g/mol. The lowest BCUT2D eigenvalue weighted by atomic mass is 10.0. The van der Waals surface area contributed by atoms with Crippen LogP contribution < -0.4 is 5.32 Å². The Bertz CT molecular complexity index is 826. The summed E-state index contributed by atoms with van der Waals surface area (Å²) < 4.78 is 49.9. The first-order valence-electron chi connectivity index (χ1n) is 9.94. The van der Waals surface area contributed by atoms with Crippen molar-refractivity contribution < 1.29 is 32.2 Å². The Kier molecular flexibility index (Phi) is 5.63. The first kappa shape index (κ1) is 20.9. The number of urea groups is 1. The van der Waals surface area contributed by atoms with Crippen LogP contribution >= 0.6 is 0 Å². The number of ether oxygens (including phenoxy) is 2. The SMILES string of the molecule is Cc1ccc(C(F)(F)F)cc1COC1CN(C(=O)N2CC[C@@H]3OCC(=O)N[C@@H]3C2)C1. The van der Waals surface area contributed by atoms with E-state index in [1.807, 2.05) is 0 Å². The number of nitrogens with zero attached hydrogens (tertiary/aromatic N) is 2. The zero-order valence-electron chi connectivity index (χ0n) is 16.6. The topological polar surface area (TPSA) is 71.1 Å². The highest BCUT2D eigenvalue weighted by Crippen LogP contribution is 2.31. The molecule has 3 saturated heterocycles. The molecule has 3 aliphatic rings. The van der Waals surface area contributed by atoms with Gasteiger partial charge >= 0.3 is 12.2 Å². The second-order valence-corrected chi connectivity index (χ2v) is 8.02. The second-order valence-electron chi connectivity index (χ2n) is 8.02. The number of fused-ring (bicyclic) bond motifs is 1. The van der Waals surface area contributed by atoms with Crippen LogP contribution in [0.2, 0.25) is 0 Å². The van der Waals surface area contributed by atoms with E-state index in [1.54, 1.807) is 16.7 Å². The lowest BCUT2D eigenvalue weighted by molar-refractivity contribution is -0.140. The predicted octanol–water partition coefficient (Wildman–Crippen LogP) is 1.92. The average Bonchev–Trinajstić information content (AvgIpc) is 2.66. The summed E-state index contributed by atoms with van der Waals surface area (Å²) in [5, 5.41) is 2.86. The van der Waals surface area contributed by atoms with Gasteiger partial charge in [0.15, 0.2) is 0 Å². The minimum Gasteiger partial charge on any atom is -0.370 e. The van der Waals surface area contributed by atoms with Crippen molar-refractivity contribution in [3.05, 3.63) is 34.9 Å². The van der Waals surface area contributed by atoms with Crippen molar-refractivity contribution in [2.24, 2.45) is 0 Å². The Balaban J connectivity index is 1.25. The van der Waals surface area contributed by atoms with Crippen molar-refractivity contribution in [2.45, 2.75) is 44.4 Å². The molecule has 0 bridgehead atoms. The minimum atomic E-state index is -4.39. The number of carbonyl (C=O) groups is 2. The van der Waals surface area contributed by atoms with Crippen LogP contribution in [0.3, 0.4) is 0 Å². The third-order valence-corrected chi connectivity index (χ3v) is 5.86. The van der Waals surface area contributed by atoms with Crippen LogP contribution in [0.4, 0.5) is 18.0 Å². The number of aryl methyl sites for hydroxylation is 1. The van der Waals surface area contributed by atoms with Crippen LogP contribution in [0.5, 0.6) is 0 Å². The van der Waals surface area contributed by atoms with Gasteiger partial charge in [-0.1, -0.05) is 6.07 Å². The Morgan fingerprint density at radius 1 is 1.27 bits per heavy atom. The number of likely N-dealkylation sites (tertiary alicyclic amines) is 2. The van der Waals surface area contributed by atoms with Gasteiger partial charge < -0.3 is 24.6 Å². The average molecular weight is 427 g/mol. The summed E-state index contributed by atoms with van der Waals surface area (Å²) >= 11 is 0. The van der Waals surface area contributed by atoms with Crippen LogP contribution in [-0.2, 0) is 27.1 Å². The number of carbonyl (C=O) groups excluding carboxylic acids is 2. The molecule has 7 nitrogen and oxygen atoms in total. The number of benzene rings is 1. The Morgan fingerprint density at radius 3 is 2.77 bits per heavy atom. The van der Waals surface area contributed by atoms with Gasteiger partial charge in [0.05, 0.1) is 43.5 Å². The van der Waals surface area contributed by atoms with Gasteiger partial charge in [0.25, 0.3) is 0 Å². The number of piperidine rings is 1. The van der Waals surface area contributed by atoms with E-state index < -0.39 is 11.7 Å². The normalized spacial score (nSPS) is 24.9. The van der Waals surface area contributed by atoms with Gasteiger partial charge in [-0.05, 0) is 36.6 Å². The highest BCUT2D eigenvalue weighted by molar-refractivity contribution is 5.79. The summed E-state index contributed by atoms with van der Waals surface area (Å²) in [5.74, 6) is -0.173. The van der Waals surface area contributed by atoms with Gasteiger partial charge in [0, 0.05) is 13.1 Å². The highest BCUT2D eigenvalue weighted by atomic mass is 19.4. The zero-order valence-corrected chi connectivity index (χ0v) is 16.6. The van der Waals surface area contributed by atoms with Crippen molar-refractivity contribution in [2.75, 3.05) is 32.8 Å². The summed E-state index contributed by atoms with van der Waals surface area (Å²) in [6.45, 7) is 3.62. The molecule has 1 N–H and O–H groups in total. The fraction of sp³-hybridized carbons (Fsp3) is 0.600. The Labute approximate surface area is 172 Å². The molecule has 10 heteroatoms. The van der Waals surface area contributed by atoms with E-state index in [0.29, 0.717) is 38.2 Å². The fourth-order valence-electron chi connectivity index (χ4n) is 3.98. The lowest BCUT2D eigenvalue weighted by Gasteiger charge is -2.46. The Morgan fingerprint density at radius 2 is 2.03 bits per heavy atom. The van der Waals surface area contributed by atoms with E-state index in [4.69, 9.17) is 9.47 Å². The van der Waals surface area contributed by atoms with E-state index in [2.05, 4.69) is 5.32 Å². The lowest BCUT2D eigenvalue weighted by Crippen LogP contribution is -2.65. The van der Waals surface area contributed by atoms with Gasteiger partial charge in [0.2, 0.25) is 5.91 Å². The molecule has 3 fully saturated rings. The number of hydrogen-bond donors (Lipinski definition) is 1. The molecule has 3 heterocycles. The van der Waals surface area contributed by atoms with Crippen molar-refractivity contribution in [3.8, 4) is 0 Å². The van der Waals surface area contributed by atoms with E-state index in [-0.39, 0.29) is 43.4 Å². The van der Waals surface area contributed by atoms with Crippen LogP contribution in [0.15, 0.2) is 18.2 Å². The van der Waals surface area contributed by atoms with E-state index in [9.17, 15) is 22.8 Å². The van der Waals surface area contributed by atoms with Crippen molar-refractivity contribution >= 4 is 11.9 Å². The summed E-state index contributed by atoms with van der Waals surface area (Å²) in [4.78, 5) is 27.5. The van der Waals surface area contributed by atoms with Gasteiger partial charge in [-0.3, -0.25) is 4.79 Å². The maximum Gasteiger partial charge on any atom is 0.416 e. The first-order chi connectivity index (χ1) is 14.2. The molecule has 0 radical (unpaired) electrons. The molecule has 1 aromatic carbocycles. The molecule has 3 aliphatic heterocycles. The monoisotopic (exact) mass is 427 g/mol. The van der Waals surface area contributed by atoms with Crippen molar-refractivity contribution in [3.63, 3.8) is 0 Å². The minimum absolute atomic E-state index is 0.0603. The largest absolute Gasteiger partial charge is 0.416 e. The van der Waals surface area contributed by atoms with Gasteiger partial charge in [-0.15, -0.1) is 0 Å². The highest BCUT2D eigenvalue weighted by Gasteiger charge is 2.40. The van der Waals surface area contributed by atoms with Crippen LogP contribution in [0, 0.1) is 6.92 Å². The molecule has 0 aliphatic carbocycles. The number of morpholine rings is 1. The molecule has 1 aromatic rings. The number of halogens is 3. The van der Waals surface area contributed by atoms with E-state index in [1.165, 1.54) is 6.07 Å². The van der Waals surface area contributed by atoms with Crippen molar-refractivity contribution in [1.82, 2.24) is 15.1 Å². The number of nitrogens with one attached hydrogen (secondary N) is 1.